The van der Waals surface area contributed by atoms with Gasteiger partial charge in [-0.25, -0.2) is 8.42 Å². The van der Waals surface area contributed by atoms with Gasteiger partial charge in [0.2, 0.25) is 0 Å². The molecule has 0 saturated carbocycles. The summed E-state index contributed by atoms with van der Waals surface area (Å²) in [7, 11) is -3.20. The summed E-state index contributed by atoms with van der Waals surface area (Å²) >= 11 is 0. The number of carbonyl (C=O) groups is 1. The van der Waals surface area contributed by atoms with E-state index in [4.69, 9.17) is 5.73 Å². The van der Waals surface area contributed by atoms with E-state index in [1.807, 2.05) is 0 Å². The highest BCUT2D eigenvalue weighted by atomic mass is 32.2. The average molecular weight is 268 g/mol. The molecule has 0 fully saturated rings. The molecule has 7 heteroatoms. The Morgan fingerprint density at radius 1 is 1.44 bits per heavy atom. The summed E-state index contributed by atoms with van der Waals surface area (Å²) in [6, 6.07) is 3.56. The first kappa shape index (κ1) is 12.4. The molecule has 1 unspecified atom stereocenters. The molecule has 0 spiro atoms. The molecule has 1 aromatic carbocycles. The molecule has 1 aromatic rings. The number of phenolic OH excluding ortho intramolecular Hbond substituents is 1. The number of anilines is 1. The largest absolute Gasteiger partial charge is 0.506 e. The lowest BCUT2D eigenvalue weighted by Crippen LogP contribution is -2.35. The van der Waals surface area contributed by atoms with Gasteiger partial charge < -0.3 is 16.2 Å². The number of carbonyl (C=O) groups excluding carboxylic acids is 1. The number of rotatable bonds is 2. The average Bonchev–Trinajstić information content (AvgIpc) is 2.62. The lowest BCUT2D eigenvalue weighted by molar-refractivity contribution is 0.0947. The van der Waals surface area contributed by atoms with E-state index in [0.29, 0.717) is 0 Å². The number of amides is 1. The maximum absolute atomic E-state index is 11.8. The number of phenols is 1. The zero-order valence-electron chi connectivity index (χ0n) is 9.33. The third-order valence-electron chi connectivity index (χ3n) is 2.54. The molecule has 1 aliphatic rings. The molecule has 2 rings (SSSR count). The Morgan fingerprint density at radius 2 is 2.17 bits per heavy atom. The topological polar surface area (TPSA) is 109 Å². The van der Waals surface area contributed by atoms with Crippen LogP contribution in [-0.4, -0.2) is 31.2 Å². The lowest BCUT2D eigenvalue weighted by atomic mass is 10.1. The lowest BCUT2D eigenvalue weighted by Gasteiger charge is -2.10. The van der Waals surface area contributed by atoms with E-state index in [1.54, 1.807) is 0 Å². The van der Waals surface area contributed by atoms with Gasteiger partial charge in [0, 0.05) is 11.0 Å². The van der Waals surface area contributed by atoms with E-state index in [0.717, 1.165) is 5.41 Å². The second kappa shape index (κ2) is 4.34. The maximum atomic E-state index is 11.8. The number of nitrogens with one attached hydrogen (secondary N) is 1. The number of aromatic hydroxyl groups is 1. The molecule has 4 N–H and O–H groups in total. The van der Waals surface area contributed by atoms with Gasteiger partial charge in [-0.15, -0.1) is 0 Å². The Bertz CT molecular complexity index is 622. The molecule has 1 amide bonds. The summed E-state index contributed by atoms with van der Waals surface area (Å²) in [6.45, 7) is 0. The van der Waals surface area contributed by atoms with Gasteiger partial charge in [-0.2, -0.15) is 0 Å². The van der Waals surface area contributed by atoms with Gasteiger partial charge in [0.25, 0.3) is 5.91 Å². The molecule has 18 heavy (non-hydrogen) atoms. The van der Waals surface area contributed by atoms with Crippen LogP contribution in [0.2, 0.25) is 0 Å². The number of benzene rings is 1. The number of nitrogen functional groups attached to an aromatic ring is 1. The quantitative estimate of drug-likeness (QED) is 0.517. The number of hydrogen-bond donors (Lipinski definition) is 3. The van der Waals surface area contributed by atoms with Crippen molar-refractivity contribution in [2.24, 2.45) is 0 Å². The Morgan fingerprint density at radius 3 is 2.72 bits per heavy atom. The molecule has 0 radical (unpaired) electrons. The summed E-state index contributed by atoms with van der Waals surface area (Å²) in [5, 5.41) is 13.0. The Balaban J connectivity index is 2.09. The van der Waals surface area contributed by atoms with Crippen molar-refractivity contribution in [3.05, 3.63) is 35.2 Å². The van der Waals surface area contributed by atoms with E-state index in [2.05, 4.69) is 5.32 Å². The molecular weight excluding hydrogens is 256 g/mol. The summed E-state index contributed by atoms with van der Waals surface area (Å²) in [4.78, 5) is 11.8. The van der Waals surface area contributed by atoms with Gasteiger partial charge in [-0.1, -0.05) is 0 Å². The minimum Gasteiger partial charge on any atom is -0.506 e. The van der Waals surface area contributed by atoms with Crippen LogP contribution in [0.4, 0.5) is 5.69 Å². The van der Waals surface area contributed by atoms with Crippen LogP contribution >= 0.6 is 0 Å². The van der Waals surface area contributed by atoms with Gasteiger partial charge in [0.15, 0.2) is 9.84 Å². The van der Waals surface area contributed by atoms with Gasteiger partial charge >= 0.3 is 0 Å². The molecule has 1 heterocycles. The van der Waals surface area contributed by atoms with E-state index < -0.39 is 21.8 Å². The summed E-state index contributed by atoms with van der Waals surface area (Å²) in [5.41, 5.74) is 5.81. The highest BCUT2D eigenvalue weighted by Crippen LogP contribution is 2.20. The fourth-order valence-corrected chi connectivity index (χ4v) is 2.84. The molecular formula is C11H12N2O4S. The van der Waals surface area contributed by atoms with Crippen LogP contribution in [0.5, 0.6) is 5.75 Å². The number of nitrogens with two attached hydrogens (primary N) is 1. The van der Waals surface area contributed by atoms with E-state index >= 15 is 0 Å². The monoisotopic (exact) mass is 268 g/mol. The Labute approximate surface area is 104 Å². The van der Waals surface area contributed by atoms with Crippen LogP contribution in [0.1, 0.15) is 10.4 Å². The van der Waals surface area contributed by atoms with Gasteiger partial charge in [0.05, 0.1) is 17.5 Å². The van der Waals surface area contributed by atoms with E-state index in [1.165, 1.54) is 24.3 Å². The van der Waals surface area contributed by atoms with Crippen LogP contribution in [-0.2, 0) is 9.84 Å². The van der Waals surface area contributed by atoms with Crippen LogP contribution in [0, 0.1) is 0 Å². The molecule has 1 atom stereocenters. The predicted molar refractivity (Wildman–Crippen MR) is 66.7 cm³/mol. The van der Waals surface area contributed by atoms with Crippen LogP contribution < -0.4 is 11.1 Å². The van der Waals surface area contributed by atoms with Crippen molar-refractivity contribution in [3.63, 3.8) is 0 Å². The third-order valence-corrected chi connectivity index (χ3v) is 3.93. The van der Waals surface area contributed by atoms with Crippen LogP contribution in [0.25, 0.3) is 0 Å². The first-order valence-electron chi connectivity index (χ1n) is 5.18. The predicted octanol–water partition coefficient (Wildman–Crippen LogP) is 0.0149. The van der Waals surface area contributed by atoms with E-state index in [-0.39, 0.29) is 22.8 Å². The third kappa shape index (κ3) is 2.62. The zero-order chi connectivity index (χ0) is 13.3. The first-order valence-corrected chi connectivity index (χ1v) is 6.89. The highest BCUT2D eigenvalue weighted by Gasteiger charge is 2.23. The van der Waals surface area contributed by atoms with Crippen molar-refractivity contribution >= 4 is 21.4 Å². The number of sulfone groups is 1. The summed E-state index contributed by atoms with van der Waals surface area (Å²) in [5.74, 6) is -0.783. The fourth-order valence-electron chi connectivity index (χ4n) is 1.60. The standard InChI is InChI=1S/C11H12N2O4S/c12-9-2-1-7(5-10(9)14)11(15)13-8-3-4-18(16,17)6-8/h1-5,8,14H,6,12H2,(H,13,15). The Hall–Kier alpha value is -2.02. The highest BCUT2D eigenvalue weighted by molar-refractivity contribution is 7.94. The zero-order valence-corrected chi connectivity index (χ0v) is 10.1. The van der Waals surface area contributed by atoms with Crippen molar-refractivity contribution in [2.75, 3.05) is 11.5 Å². The van der Waals surface area contributed by atoms with Crippen LogP contribution in [0.3, 0.4) is 0 Å². The molecule has 96 valence electrons. The molecule has 1 aliphatic heterocycles. The van der Waals surface area contributed by atoms with Crippen LogP contribution in [0.15, 0.2) is 29.7 Å². The first-order chi connectivity index (χ1) is 8.37. The molecule has 0 bridgehead atoms. The maximum Gasteiger partial charge on any atom is 0.251 e. The molecule has 0 aromatic heterocycles. The van der Waals surface area contributed by atoms with Gasteiger partial charge in [-0.05, 0) is 24.3 Å². The van der Waals surface area contributed by atoms with Gasteiger partial charge in [-0.3, -0.25) is 4.79 Å². The van der Waals surface area contributed by atoms with Crippen molar-refractivity contribution < 1.29 is 18.3 Å². The van der Waals surface area contributed by atoms with Crippen molar-refractivity contribution in [1.82, 2.24) is 5.32 Å². The van der Waals surface area contributed by atoms with Crippen molar-refractivity contribution in [3.8, 4) is 5.75 Å². The van der Waals surface area contributed by atoms with Crippen molar-refractivity contribution in [1.29, 1.82) is 0 Å². The minimum atomic E-state index is -3.20. The number of hydrogen-bond acceptors (Lipinski definition) is 5. The molecule has 0 saturated heterocycles. The van der Waals surface area contributed by atoms with Gasteiger partial charge in [0.1, 0.15) is 5.75 Å². The second-order valence-corrected chi connectivity index (χ2v) is 5.94. The van der Waals surface area contributed by atoms with Crippen molar-refractivity contribution in [2.45, 2.75) is 6.04 Å². The molecule has 0 aliphatic carbocycles. The normalized spacial score (nSPS) is 20.8. The SMILES string of the molecule is Nc1ccc(C(=O)NC2C=CS(=O)(=O)C2)cc1O. The summed E-state index contributed by atoms with van der Waals surface area (Å²) in [6.07, 6.45) is 1.42. The van der Waals surface area contributed by atoms with E-state index in [9.17, 15) is 18.3 Å². The smallest absolute Gasteiger partial charge is 0.251 e. The molecule has 6 nitrogen and oxygen atoms in total. The Kier molecular flexibility index (Phi) is 3.00. The second-order valence-electron chi connectivity index (χ2n) is 4.01. The minimum absolute atomic E-state index is 0.139. The summed E-state index contributed by atoms with van der Waals surface area (Å²) < 4.78 is 22.3. The fraction of sp³-hybridized carbons (Fsp3) is 0.182.